The van der Waals surface area contributed by atoms with E-state index in [9.17, 15) is 0 Å². The molecule has 1 rings (SSSR count). The number of hydrogen-bond donors (Lipinski definition) is 0. The van der Waals surface area contributed by atoms with Crippen molar-refractivity contribution in [3.63, 3.8) is 0 Å². The van der Waals surface area contributed by atoms with Crippen molar-refractivity contribution < 1.29 is 77.8 Å². The van der Waals surface area contributed by atoms with Crippen molar-refractivity contribution in [1.82, 2.24) is 0 Å². The molecule has 0 spiro atoms. The van der Waals surface area contributed by atoms with E-state index in [0.29, 0.717) is 0 Å². The summed E-state index contributed by atoms with van der Waals surface area (Å²) in [7, 11) is 0. The fraction of sp³-hybridized carbons (Fsp3) is 0. The normalized spacial score (nSPS) is 4.00. The average Bonchev–Trinajstić information content (AvgIpc) is 2.51. The molecule has 0 saturated carbocycles. The van der Waals surface area contributed by atoms with Crippen LogP contribution in [0.5, 0.6) is 0 Å². The molecule has 0 aliphatic heterocycles. The number of rotatable bonds is 0. The van der Waals surface area contributed by atoms with E-state index in [1.54, 1.807) is 0 Å². The topological polar surface area (TPSA) is 39.8 Å². The van der Waals surface area contributed by atoms with E-state index in [1.165, 1.54) is 0 Å². The Hall–Kier alpha value is 0.986. The second kappa shape index (κ2) is 30.6. The van der Waals surface area contributed by atoms with E-state index in [4.69, 9.17) is 9.30 Å². The van der Waals surface area contributed by atoms with Crippen LogP contribution in [-0.4, -0.2) is 0 Å². The summed E-state index contributed by atoms with van der Waals surface area (Å²) in [5, 5.41) is 0. The van der Waals surface area contributed by atoms with Crippen LogP contribution in [0, 0.1) is 13.3 Å². The molecule has 54 valence electrons. The molecule has 1 aromatic rings. The van der Waals surface area contributed by atoms with E-state index in [1.807, 2.05) is 30.3 Å². The van der Waals surface area contributed by atoms with Gasteiger partial charge in [0.2, 0.25) is 0 Å². The summed E-state index contributed by atoms with van der Waals surface area (Å²) in [6.07, 6.45) is 0. The Morgan fingerprint density at radius 2 is 1.18 bits per heavy atom. The molecular formula is C7H5FeKO2. The Bertz CT molecular complexity index is 123. The van der Waals surface area contributed by atoms with Gasteiger partial charge in [-0.05, 0) is 0 Å². The summed E-state index contributed by atoms with van der Waals surface area (Å²) in [5.41, 5.74) is 0. The average molecular weight is 216 g/mol. The zero-order chi connectivity index (χ0) is 7.54. The van der Waals surface area contributed by atoms with Gasteiger partial charge in [0.15, 0.2) is 0 Å². The molecule has 0 atom stereocenters. The first-order valence-corrected chi connectivity index (χ1v) is 2.07. The van der Waals surface area contributed by atoms with Crippen LogP contribution in [0.4, 0.5) is 0 Å². The summed E-state index contributed by atoms with van der Waals surface area (Å²) < 4.78 is 15.0. The van der Waals surface area contributed by atoms with Crippen molar-refractivity contribution in [1.29, 1.82) is 0 Å². The SMILES string of the molecule is [C-]#[O+].[C-]#[O+].[Fe].[K+].c1cc[cH-]c1. The molecule has 0 amide bonds. The third-order valence-electron chi connectivity index (χ3n) is 0.556. The first kappa shape index (κ1) is 22.7. The summed E-state index contributed by atoms with van der Waals surface area (Å²) in [4.78, 5) is 0. The van der Waals surface area contributed by atoms with Gasteiger partial charge in [0.25, 0.3) is 0 Å². The largest absolute Gasteiger partial charge is 1.00 e. The van der Waals surface area contributed by atoms with Crippen LogP contribution in [0.3, 0.4) is 0 Å². The Morgan fingerprint density at radius 3 is 1.27 bits per heavy atom. The van der Waals surface area contributed by atoms with Crippen molar-refractivity contribution in [2.75, 3.05) is 0 Å². The van der Waals surface area contributed by atoms with E-state index < -0.39 is 0 Å². The molecule has 0 aliphatic carbocycles. The van der Waals surface area contributed by atoms with E-state index >= 15 is 0 Å². The van der Waals surface area contributed by atoms with Gasteiger partial charge < -0.3 is 0 Å². The predicted molar refractivity (Wildman–Crippen MR) is 29.9 cm³/mol. The fourth-order valence-electron chi connectivity index (χ4n) is 0.321. The zero-order valence-corrected chi connectivity index (χ0v) is 10.3. The summed E-state index contributed by atoms with van der Waals surface area (Å²) in [6, 6.07) is 10.0. The van der Waals surface area contributed by atoms with Gasteiger partial charge in [-0.15, -0.1) is 0 Å². The minimum atomic E-state index is 0. The van der Waals surface area contributed by atoms with Crippen LogP contribution in [-0.2, 0) is 26.4 Å². The predicted octanol–water partition coefficient (Wildman–Crippen LogP) is -1.67. The van der Waals surface area contributed by atoms with Crippen LogP contribution < -0.4 is 51.4 Å². The first-order chi connectivity index (χ1) is 4.50. The Kier molecular flexibility index (Phi) is 63.0. The van der Waals surface area contributed by atoms with Gasteiger partial charge in [-0.1, -0.05) is 0 Å². The summed E-state index contributed by atoms with van der Waals surface area (Å²) in [6.45, 7) is 9.00. The van der Waals surface area contributed by atoms with E-state index in [0.717, 1.165) is 0 Å². The summed E-state index contributed by atoms with van der Waals surface area (Å²) >= 11 is 0. The molecule has 0 N–H and O–H groups in total. The van der Waals surface area contributed by atoms with Crippen LogP contribution in [0.1, 0.15) is 0 Å². The molecule has 0 radical (unpaired) electrons. The molecule has 0 aromatic heterocycles. The third kappa shape index (κ3) is 24.8. The zero-order valence-electron chi connectivity index (χ0n) is 6.06. The second-order valence-corrected chi connectivity index (χ2v) is 0.962. The molecule has 0 unspecified atom stereocenters. The van der Waals surface area contributed by atoms with Gasteiger partial charge in [-0.3, -0.25) is 0 Å². The van der Waals surface area contributed by atoms with Crippen LogP contribution in [0.15, 0.2) is 30.3 Å². The van der Waals surface area contributed by atoms with Gasteiger partial charge in [0.05, 0.1) is 0 Å². The maximum atomic E-state index is 7.50. The molecule has 11 heavy (non-hydrogen) atoms. The summed E-state index contributed by atoms with van der Waals surface area (Å²) in [5.74, 6) is 0. The van der Waals surface area contributed by atoms with Crippen LogP contribution in [0.2, 0.25) is 0 Å². The van der Waals surface area contributed by atoms with E-state index in [2.05, 4.69) is 13.3 Å². The molecule has 0 bridgehead atoms. The van der Waals surface area contributed by atoms with Crippen LogP contribution in [0.25, 0.3) is 0 Å². The molecule has 4 heteroatoms. The van der Waals surface area contributed by atoms with Gasteiger partial charge >= 0.3 is 74.0 Å². The smallest absolute Gasteiger partial charge is 0.214 e. The molecule has 2 nitrogen and oxygen atoms in total. The van der Waals surface area contributed by atoms with Crippen LogP contribution >= 0.6 is 0 Å². The molecule has 0 heterocycles. The molecule has 0 fully saturated rings. The second-order valence-electron chi connectivity index (χ2n) is 0.962. The van der Waals surface area contributed by atoms with Crippen molar-refractivity contribution in [3.05, 3.63) is 43.6 Å². The van der Waals surface area contributed by atoms with Crippen molar-refractivity contribution in [3.8, 4) is 0 Å². The van der Waals surface area contributed by atoms with Crippen molar-refractivity contribution in [2.45, 2.75) is 0 Å². The molecule has 1 aromatic carbocycles. The fourth-order valence-corrected chi connectivity index (χ4v) is 0.321. The van der Waals surface area contributed by atoms with Crippen molar-refractivity contribution in [2.24, 2.45) is 0 Å². The quantitative estimate of drug-likeness (QED) is 0.283. The van der Waals surface area contributed by atoms with Gasteiger partial charge in [-0.25, -0.2) is 12.1 Å². The van der Waals surface area contributed by atoms with E-state index in [-0.39, 0.29) is 68.5 Å². The monoisotopic (exact) mass is 216 g/mol. The van der Waals surface area contributed by atoms with Gasteiger partial charge in [0, 0.05) is 17.1 Å². The standard InChI is InChI=1S/C5H5.2CO.Fe.K/c1-2-4-5-3-1;2*1-2;;/h1-5H;;;;/q-1;;;;+1. The first-order valence-electron chi connectivity index (χ1n) is 2.07. The molecular weight excluding hydrogens is 211 g/mol. The van der Waals surface area contributed by atoms with Gasteiger partial charge in [-0.2, -0.15) is 18.2 Å². The molecule has 0 saturated heterocycles. The third-order valence-corrected chi connectivity index (χ3v) is 0.556. The number of hydrogen-bond acceptors (Lipinski definition) is 0. The Balaban J connectivity index is -0.0000000369. The van der Waals surface area contributed by atoms with Crippen molar-refractivity contribution >= 4 is 0 Å². The molecule has 0 aliphatic rings. The minimum Gasteiger partial charge on any atom is -0.214 e. The Labute approximate surface area is 119 Å². The minimum absolute atomic E-state index is 0. The maximum Gasteiger partial charge on any atom is 1.00 e. The Morgan fingerprint density at radius 1 is 0.909 bits per heavy atom. The maximum absolute atomic E-state index is 7.50. The van der Waals surface area contributed by atoms with Gasteiger partial charge in [0.1, 0.15) is 0 Å².